The summed E-state index contributed by atoms with van der Waals surface area (Å²) < 4.78 is 0. The zero-order chi connectivity index (χ0) is 13.0. The van der Waals surface area contributed by atoms with E-state index in [1.807, 2.05) is 43.4 Å². The van der Waals surface area contributed by atoms with E-state index in [1.54, 1.807) is 23.4 Å². The van der Waals surface area contributed by atoms with Gasteiger partial charge in [-0.1, -0.05) is 47.5 Å². The number of nitrogens with zero attached hydrogens (tertiary/aromatic N) is 2. The molecule has 18 heavy (non-hydrogen) atoms. The minimum atomic E-state index is 0.590. The molecular weight excluding hydrogens is 267 g/mol. The lowest BCUT2D eigenvalue weighted by Crippen LogP contribution is -2.08. The van der Waals surface area contributed by atoms with Crippen molar-refractivity contribution in [3.05, 3.63) is 64.1 Å². The lowest BCUT2D eigenvalue weighted by molar-refractivity contribution is 1.02. The molecule has 0 atom stereocenters. The van der Waals surface area contributed by atoms with Gasteiger partial charge in [-0.3, -0.25) is 5.01 Å². The number of benzene rings is 2. The Morgan fingerprint density at radius 3 is 2.17 bits per heavy atom. The molecule has 0 aliphatic rings. The van der Waals surface area contributed by atoms with Crippen molar-refractivity contribution in [3.63, 3.8) is 0 Å². The van der Waals surface area contributed by atoms with Gasteiger partial charge in [-0.2, -0.15) is 5.10 Å². The molecule has 0 aliphatic heterocycles. The van der Waals surface area contributed by atoms with Gasteiger partial charge in [0.25, 0.3) is 0 Å². The molecule has 0 fully saturated rings. The predicted octanol–water partition coefficient (Wildman–Crippen LogP) is 4.46. The summed E-state index contributed by atoms with van der Waals surface area (Å²) in [6.45, 7) is 0. The smallest absolute Gasteiger partial charge is 0.0590 e. The van der Waals surface area contributed by atoms with E-state index in [-0.39, 0.29) is 0 Å². The standard InChI is InChI=1S/C14H12Cl2N2/c1-18(11-6-3-2-4-7-11)17-10-12-13(15)8-5-9-14(12)16/h2-10H,1H3/b17-10-. The maximum Gasteiger partial charge on any atom is 0.0590 e. The molecule has 0 saturated carbocycles. The molecule has 0 N–H and O–H groups in total. The maximum atomic E-state index is 6.06. The number of para-hydroxylation sites is 1. The fourth-order valence-electron chi connectivity index (χ4n) is 1.49. The number of halogens is 2. The van der Waals surface area contributed by atoms with Crippen LogP contribution in [0.4, 0.5) is 5.69 Å². The molecule has 0 aromatic heterocycles. The summed E-state index contributed by atoms with van der Waals surface area (Å²) >= 11 is 12.1. The predicted molar refractivity (Wildman–Crippen MR) is 78.9 cm³/mol. The normalized spacial score (nSPS) is 10.8. The van der Waals surface area contributed by atoms with Gasteiger partial charge in [0.1, 0.15) is 0 Å². The summed E-state index contributed by atoms with van der Waals surface area (Å²) in [5.41, 5.74) is 1.72. The van der Waals surface area contributed by atoms with E-state index >= 15 is 0 Å². The Morgan fingerprint density at radius 1 is 0.944 bits per heavy atom. The van der Waals surface area contributed by atoms with Gasteiger partial charge in [-0.05, 0) is 24.3 Å². The Balaban J connectivity index is 2.21. The highest BCUT2D eigenvalue weighted by Crippen LogP contribution is 2.22. The molecular formula is C14H12Cl2N2. The average Bonchev–Trinajstić information content (AvgIpc) is 2.39. The molecule has 2 nitrogen and oxygen atoms in total. The third kappa shape index (κ3) is 3.03. The monoisotopic (exact) mass is 278 g/mol. The highest BCUT2D eigenvalue weighted by atomic mass is 35.5. The SMILES string of the molecule is CN(/N=C\c1c(Cl)cccc1Cl)c1ccccc1. The first-order valence-corrected chi connectivity index (χ1v) is 6.21. The first kappa shape index (κ1) is 12.9. The molecule has 0 amide bonds. The summed E-state index contributed by atoms with van der Waals surface area (Å²) in [4.78, 5) is 0. The van der Waals surface area contributed by atoms with Crippen LogP contribution < -0.4 is 5.01 Å². The van der Waals surface area contributed by atoms with Crippen molar-refractivity contribution < 1.29 is 0 Å². The van der Waals surface area contributed by atoms with E-state index in [2.05, 4.69) is 5.10 Å². The number of anilines is 1. The van der Waals surface area contributed by atoms with Crippen molar-refractivity contribution >= 4 is 35.1 Å². The molecule has 0 unspecified atom stereocenters. The van der Waals surface area contributed by atoms with E-state index < -0.39 is 0 Å². The second-order valence-electron chi connectivity index (χ2n) is 3.74. The number of rotatable bonds is 3. The number of hydrazone groups is 1. The van der Waals surface area contributed by atoms with Crippen LogP contribution in [0.2, 0.25) is 10.0 Å². The van der Waals surface area contributed by atoms with Gasteiger partial charge in [0.05, 0.1) is 21.9 Å². The fraction of sp³-hybridized carbons (Fsp3) is 0.0714. The highest BCUT2D eigenvalue weighted by Gasteiger charge is 2.03. The Kier molecular flexibility index (Phi) is 4.24. The summed E-state index contributed by atoms with van der Waals surface area (Å²) in [5.74, 6) is 0. The second kappa shape index (κ2) is 5.89. The second-order valence-corrected chi connectivity index (χ2v) is 4.55. The first-order chi connectivity index (χ1) is 8.68. The zero-order valence-corrected chi connectivity index (χ0v) is 11.4. The van der Waals surface area contributed by atoms with E-state index in [0.29, 0.717) is 10.0 Å². The van der Waals surface area contributed by atoms with Gasteiger partial charge in [0.15, 0.2) is 0 Å². The topological polar surface area (TPSA) is 15.6 Å². The van der Waals surface area contributed by atoms with Crippen LogP contribution in [-0.2, 0) is 0 Å². The first-order valence-electron chi connectivity index (χ1n) is 5.45. The lowest BCUT2D eigenvalue weighted by atomic mass is 10.2. The van der Waals surface area contributed by atoms with Gasteiger partial charge in [0, 0.05) is 12.6 Å². The van der Waals surface area contributed by atoms with Crippen LogP contribution >= 0.6 is 23.2 Å². The Hall–Kier alpha value is -1.51. The van der Waals surface area contributed by atoms with E-state index in [1.165, 1.54) is 0 Å². The number of hydrogen-bond donors (Lipinski definition) is 0. The molecule has 2 rings (SSSR count). The minimum Gasteiger partial charge on any atom is -0.269 e. The molecule has 4 heteroatoms. The van der Waals surface area contributed by atoms with Crippen LogP contribution in [0.5, 0.6) is 0 Å². The molecule has 0 saturated heterocycles. The van der Waals surface area contributed by atoms with E-state index in [9.17, 15) is 0 Å². The van der Waals surface area contributed by atoms with Gasteiger partial charge >= 0.3 is 0 Å². The molecule has 0 aliphatic carbocycles. The van der Waals surface area contributed by atoms with Crippen molar-refractivity contribution in [2.75, 3.05) is 12.1 Å². The third-order valence-corrected chi connectivity index (χ3v) is 3.15. The summed E-state index contributed by atoms with van der Waals surface area (Å²) in [5, 5.41) is 7.27. The van der Waals surface area contributed by atoms with Crippen LogP contribution in [0.15, 0.2) is 53.6 Å². The van der Waals surface area contributed by atoms with Gasteiger partial charge in [0.2, 0.25) is 0 Å². The Labute approximate surface area is 116 Å². The van der Waals surface area contributed by atoms with Crippen molar-refractivity contribution in [1.29, 1.82) is 0 Å². The molecule has 0 spiro atoms. The summed E-state index contributed by atoms with van der Waals surface area (Å²) in [7, 11) is 1.87. The Bertz CT molecular complexity index is 533. The molecule has 2 aromatic rings. The fourth-order valence-corrected chi connectivity index (χ4v) is 1.98. The Morgan fingerprint density at radius 2 is 1.56 bits per heavy atom. The molecule has 92 valence electrons. The third-order valence-electron chi connectivity index (χ3n) is 2.49. The molecule has 0 radical (unpaired) electrons. The van der Waals surface area contributed by atoms with Crippen molar-refractivity contribution in [2.45, 2.75) is 0 Å². The van der Waals surface area contributed by atoms with Crippen molar-refractivity contribution in [2.24, 2.45) is 5.10 Å². The van der Waals surface area contributed by atoms with Crippen LogP contribution in [-0.4, -0.2) is 13.3 Å². The largest absolute Gasteiger partial charge is 0.269 e. The van der Waals surface area contributed by atoms with Gasteiger partial charge in [-0.15, -0.1) is 0 Å². The highest BCUT2D eigenvalue weighted by molar-refractivity contribution is 6.38. The van der Waals surface area contributed by atoms with Gasteiger partial charge < -0.3 is 0 Å². The van der Waals surface area contributed by atoms with Crippen LogP contribution in [0.25, 0.3) is 0 Å². The summed E-state index contributed by atoms with van der Waals surface area (Å²) in [6.07, 6.45) is 1.66. The quantitative estimate of drug-likeness (QED) is 0.598. The van der Waals surface area contributed by atoms with Crippen LogP contribution in [0.1, 0.15) is 5.56 Å². The summed E-state index contributed by atoms with van der Waals surface area (Å²) in [6, 6.07) is 15.2. The van der Waals surface area contributed by atoms with Crippen LogP contribution in [0, 0.1) is 0 Å². The van der Waals surface area contributed by atoms with Crippen LogP contribution in [0.3, 0.4) is 0 Å². The van der Waals surface area contributed by atoms with Gasteiger partial charge in [-0.25, -0.2) is 0 Å². The average molecular weight is 279 g/mol. The maximum absolute atomic E-state index is 6.06. The van der Waals surface area contributed by atoms with Crippen molar-refractivity contribution in [3.8, 4) is 0 Å². The number of hydrogen-bond acceptors (Lipinski definition) is 2. The molecule has 0 heterocycles. The molecule has 2 aromatic carbocycles. The molecule has 0 bridgehead atoms. The van der Waals surface area contributed by atoms with E-state index in [4.69, 9.17) is 23.2 Å². The minimum absolute atomic E-state index is 0.590. The zero-order valence-electron chi connectivity index (χ0n) is 9.85. The van der Waals surface area contributed by atoms with E-state index in [0.717, 1.165) is 11.3 Å². The van der Waals surface area contributed by atoms with Crippen molar-refractivity contribution in [1.82, 2.24) is 0 Å². The lowest BCUT2D eigenvalue weighted by Gasteiger charge is -2.12.